The number of thiophene rings is 1. The first kappa shape index (κ1) is 13.5. The van der Waals surface area contributed by atoms with Gasteiger partial charge in [0, 0.05) is 11.1 Å². The van der Waals surface area contributed by atoms with Crippen molar-refractivity contribution in [1.29, 1.82) is 0 Å². The highest BCUT2D eigenvalue weighted by Crippen LogP contribution is 2.38. The largest absolute Gasteiger partial charge is 0.191 e. The molecule has 4 nitrogen and oxygen atoms in total. The van der Waals surface area contributed by atoms with Gasteiger partial charge in [-0.15, -0.1) is 21.5 Å². The van der Waals surface area contributed by atoms with Crippen molar-refractivity contribution in [3.05, 3.63) is 29.9 Å². The summed E-state index contributed by atoms with van der Waals surface area (Å²) in [6, 6.07) is 1.98. The third-order valence-corrected chi connectivity index (χ3v) is 5.63. The molecule has 19 heavy (non-hydrogen) atoms. The van der Waals surface area contributed by atoms with Crippen LogP contribution in [0.2, 0.25) is 5.15 Å². The van der Waals surface area contributed by atoms with E-state index in [1.165, 1.54) is 0 Å². The van der Waals surface area contributed by atoms with Crippen LogP contribution in [-0.2, 0) is 0 Å². The van der Waals surface area contributed by atoms with Gasteiger partial charge in [-0.3, -0.25) is 0 Å². The van der Waals surface area contributed by atoms with Crippen molar-refractivity contribution in [1.82, 2.24) is 19.8 Å². The number of rotatable bonds is 1. The van der Waals surface area contributed by atoms with Gasteiger partial charge in [0.1, 0.15) is 0 Å². The van der Waals surface area contributed by atoms with E-state index >= 15 is 0 Å². The first-order valence-corrected chi connectivity index (χ1v) is 8.10. The summed E-state index contributed by atoms with van der Waals surface area (Å²) < 4.78 is 3.68. The molecule has 3 aromatic rings. The highest BCUT2D eigenvalue weighted by molar-refractivity contribution is 9.12. The molecule has 0 atom stereocenters. The Hall–Kier alpha value is -0.500. The van der Waals surface area contributed by atoms with Crippen molar-refractivity contribution in [3.8, 4) is 11.4 Å². The zero-order valence-corrected chi connectivity index (χ0v) is 14.7. The molecule has 0 aliphatic carbocycles. The van der Waals surface area contributed by atoms with E-state index < -0.39 is 0 Å². The smallest absolute Gasteiger partial charge is 0.187 e. The monoisotopic (exact) mass is 420 g/mol. The molecule has 0 aliphatic rings. The highest BCUT2D eigenvalue weighted by atomic mass is 79.9. The molecular weight excluding hydrogens is 415 g/mol. The normalized spacial score (nSPS) is 11.4. The lowest BCUT2D eigenvalue weighted by Crippen LogP contribution is -2.00. The topological polar surface area (TPSA) is 43.1 Å². The van der Waals surface area contributed by atoms with Crippen LogP contribution < -0.4 is 0 Å². The Labute approximate surface area is 135 Å². The van der Waals surface area contributed by atoms with Gasteiger partial charge in [0.05, 0.1) is 7.57 Å². The van der Waals surface area contributed by atoms with Crippen LogP contribution in [0.4, 0.5) is 0 Å². The second-order valence-corrected chi connectivity index (χ2v) is 8.15. The number of hydrogen-bond acceptors (Lipinski definition) is 4. The maximum Gasteiger partial charge on any atom is 0.187 e. The Morgan fingerprint density at radius 1 is 1.21 bits per heavy atom. The SMILES string of the molecule is Cc1c(Cl)nn2c(-c3cc(Br)sc3Br)nnc2c1C. The summed E-state index contributed by atoms with van der Waals surface area (Å²) in [5.41, 5.74) is 3.59. The van der Waals surface area contributed by atoms with Crippen molar-refractivity contribution >= 4 is 60.4 Å². The van der Waals surface area contributed by atoms with Crippen LogP contribution in [0.25, 0.3) is 17.0 Å². The van der Waals surface area contributed by atoms with E-state index in [2.05, 4.69) is 47.2 Å². The van der Waals surface area contributed by atoms with Gasteiger partial charge in [0.25, 0.3) is 0 Å². The fourth-order valence-corrected chi connectivity index (χ4v) is 4.76. The molecule has 0 aliphatic heterocycles. The second kappa shape index (κ2) is 4.80. The summed E-state index contributed by atoms with van der Waals surface area (Å²) in [7, 11) is 0. The molecule has 0 radical (unpaired) electrons. The van der Waals surface area contributed by atoms with Gasteiger partial charge >= 0.3 is 0 Å². The van der Waals surface area contributed by atoms with Gasteiger partial charge in [0.15, 0.2) is 16.6 Å². The minimum Gasteiger partial charge on any atom is -0.191 e. The predicted octanol–water partition coefficient (Wildman–Crippen LogP) is 4.65. The van der Waals surface area contributed by atoms with Crippen molar-refractivity contribution in [3.63, 3.8) is 0 Å². The molecule has 0 unspecified atom stereocenters. The molecule has 8 heteroatoms. The Kier molecular flexibility index (Phi) is 3.41. The predicted molar refractivity (Wildman–Crippen MR) is 84.0 cm³/mol. The van der Waals surface area contributed by atoms with E-state index in [0.717, 1.165) is 29.9 Å². The zero-order chi connectivity index (χ0) is 13.7. The van der Waals surface area contributed by atoms with Crippen molar-refractivity contribution in [2.24, 2.45) is 0 Å². The second-order valence-electron chi connectivity index (χ2n) is 4.04. The summed E-state index contributed by atoms with van der Waals surface area (Å²) >= 11 is 14.7. The summed E-state index contributed by atoms with van der Waals surface area (Å²) in [4.78, 5) is 0. The Bertz CT molecular complexity index is 796. The number of halogens is 3. The van der Waals surface area contributed by atoms with Gasteiger partial charge in [-0.1, -0.05) is 11.6 Å². The van der Waals surface area contributed by atoms with Crippen LogP contribution >= 0.6 is 54.8 Å². The standard InChI is InChI=1S/C11H7Br2ClN4S/c1-4-5(2)10-15-16-11(18(10)17-9(4)14)6-3-7(12)19-8(6)13/h3H,1-2H3. The maximum atomic E-state index is 6.15. The molecule has 0 saturated carbocycles. The lowest BCUT2D eigenvalue weighted by atomic mass is 10.2. The molecule has 0 aromatic carbocycles. The summed E-state index contributed by atoms with van der Waals surface area (Å²) in [5.74, 6) is 0.675. The summed E-state index contributed by atoms with van der Waals surface area (Å²) in [6.07, 6.45) is 0. The molecule has 0 spiro atoms. The van der Waals surface area contributed by atoms with E-state index in [1.54, 1.807) is 15.9 Å². The lowest BCUT2D eigenvalue weighted by Gasteiger charge is -2.04. The van der Waals surface area contributed by atoms with Crippen molar-refractivity contribution in [2.45, 2.75) is 13.8 Å². The molecule has 3 aromatic heterocycles. The Balaban J connectivity index is 2.35. The quantitative estimate of drug-likeness (QED) is 0.573. The number of nitrogens with zero attached hydrogens (tertiary/aromatic N) is 4. The Morgan fingerprint density at radius 3 is 2.58 bits per heavy atom. The van der Waals surface area contributed by atoms with Crippen molar-refractivity contribution in [2.75, 3.05) is 0 Å². The highest BCUT2D eigenvalue weighted by Gasteiger charge is 2.18. The van der Waals surface area contributed by atoms with E-state index in [-0.39, 0.29) is 0 Å². The maximum absolute atomic E-state index is 6.15. The van der Waals surface area contributed by atoms with Crippen LogP contribution in [0, 0.1) is 13.8 Å². The third kappa shape index (κ3) is 2.12. The van der Waals surface area contributed by atoms with Gasteiger partial charge in [-0.05, 0) is 57.3 Å². The van der Waals surface area contributed by atoms with Crippen LogP contribution in [-0.4, -0.2) is 19.8 Å². The molecule has 0 N–H and O–H groups in total. The third-order valence-electron chi connectivity index (χ3n) is 2.93. The molecule has 0 bridgehead atoms. The van der Waals surface area contributed by atoms with E-state index in [0.29, 0.717) is 11.0 Å². The molecule has 0 saturated heterocycles. The average Bonchev–Trinajstić information content (AvgIpc) is 2.90. The van der Waals surface area contributed by atoms with Gasteiger partial charge in [0.2, 0.25) is 0 Å². The molecule has 3 rings (SSSR count). The fourth-order valence-electron chi connectivity index (χ4n) is 1.75. The van der Waals surface area contributed by atoms with E-state index in [1.807, 2.05) is 19.9 Å². The molecule has 3 heterocycles. The first-order chi connectivity index (χ1) is 8.99. The molecular formula is C11H7Br2ClN4S. The van der Waals surface area contributed by atoms with Crippen LogP contribution in [0.1, 0.15) is 11.1 Å². The summed E-state index contributed by atoms with van der Waals surface area (Å²) in [5, 5.41) is 13.3. The van der Waals surface area contributed by atoms with E-state index in [4.69, 9.17) is 11.6 Å². The number of hydrogen-bond donors (Lipinski definition) is 0. The number of aryl methyl sites for hydroxylation is 1. The van der Waals surface area contributed by atoms with Crippen LogP contribution in [0.5, 0.6) is 0 Å². The molecule has 98 valence electrons. The average molecular weight is 423 g/mol. The molecule has 0 amide bonds. The number of aromatic nitrogens is 4. The minimum atomic E-state index is 0.469. The minimum absolute atomic E-state index is 0.469. The fraction of sp³-hybridized carbons (Fsp3) is 0.182. The molecule has 0 fully saturated rings. The van der Waals surface area contributed by atoms with Crippen LogP contribution in [0.15, 0.2) is 13.6 Å². The van der Waals surface area contributed by atoms with Gasteiger partial charge in [-0.2, -0.15) is 9.61 Å². The van der Waals surface area contributed by atoms with Gasteiger partial charge < -0.3 is 0 Å². The lowest BCUT2D eigenvalue weighted by molar-refractivity contribution is 0.919. The zero-order valence-electron chi connectivity index (χ0n) is 9.91. The van der Waals surface area contributed by atoms with Crippen LogP contribution in [0.3, 0.4) is 0 Å². The number of fused-ring (bicyclic) bond motifs is 1. The van der Waals surface area contributed by atoms with Crippen molar-refractivity contribution < 1.29 is 0 Å². The first-order valence-electron chi connectivity index (χ1n) is 5.32. The summed E-state index contributed by atoms with van der Waals surface area (Å²) in [6.45, 7) is 3.89. The Morgan fingerprint density at radius 2 is 1.95 bits per heavy atom. The van der Waals surface area contributed by atoms with E-state index in [9.17, 15) is 0 Å². The van der Waals surface area contributed by atoms with Gasteiger partial charge in [-0.25, -0.2) is 0 Å².